The molecule has 3 rings (SSSR count). The zero-order valence-corrected chi connectivity index (χ0v) is 19.3. The van der Waals surface area contributed by atoms with Gasteiger partial charge >= 0.3 is 0 Å². The Morgan fingerprint density at radius 3 is 2.37 bits per heavy atom. The van der Waals surface area contributed by atoms with Gasteiger partial charge in [0, 0.05) is 28.8 Å². The molecule has 0 atom stereocenters. The molecule has 1 amide bonds. The van der Waals surface area contributed by atoms with Crippen LogP contribution < -0.4 is 5.32 Å². The number of nitrogens with one attached hydrogen (secondary N) is 1. The Morgan fingerprint density at radius 1 is 1.03 bits per heavy atom. The second-order valence-corrected chi connectivity index (χ2v) is 9.32. The number of carbonyl (C=O) groups excluding carboxylic acids is 2. The van der Waals surface area contributed by atoms with Gasteiger partial charge in [-0.15, -0.1) is 11.3 Å². The van der Waals surface area contributed by atoms with Gasteiger partial charge in [-0.2, -0.15) is 0 Å². The molecule has 3 aromatic rings. The fourth-order valence-electron chi connectivity index (χ4n) is 2.97. The first-order valence-corrected chi connectivity index (χ1v) is 11.2. The minimum atomic E-state index is -0.239. The lowest BCUT2D eigenvalue weighted by molar-refractivity contribution is -0.116. The van der Waals surface area contributed by atoms with Gasteiger partial charge in [-0.25, -0.2) is 4.98 Å². The van der Waals surface area contributed by atoms with E-state index < -0.39 is 0 Å². The van der Waals surface area contributed by atoms with Crippen molar-refractivity contribution in [3.63, 3.8) is 0 Å². The quantitative estimate of drug-likeness (QED) is 0.380. The van der Waals surface area contributed by atoms with Gasteiger partial charge in [0.05, 0.1) is 15.7 Å². The van der Waals surface area contributed by atoms with E-state index in [4.69, 9.17) is 23.2 Å². The molecule has 4 nitrogen and oxygen atoms in total. The monoisotopic (exact) mass is 460 g/mol. The Bertz CT molecular complexity index is 1080. The molecule has 0 fully saturated rings. The number of Topliss-reactive ketones (excluding diaryl/α,β-unsaturated/α-hetero) is 1. The summed E-state index contributed by atoms with van der Waals surface area (Å²) in [6.45, 7) is 6.14. The van der Waals surface area contributed by atoms with Crippen LogP contribution in [0.15, 0.2) is 42.5 Å². The van der Waals surface area contributed by atoms with Crippen molar-refractivity contribution >= 4 is 51.4 Å². The molecular weight excluding hydrogens is 439 g/mol. The molecule has 0 saturated heterocycles. The molecular formula is C23H22Cl2N2O2S. The Hall–Kier alpha value is -2.21. The van der Waals surface area contributed by atoms with E-state index in [9.17, 15) is 9.59 Å². The third-order valence-corrected chi connectivity index (χ3v) is 6.34. The van der Waals surface area contributed by atoms with Crippen LogP contribution in [-0.2, 0) is 4.79 Å². The summed E-state index contributed by atoms with van der Waals surface area (Å²) >= 11 is 13.4. The minimum absolute atomic E-state index is 0.0488. The zero-order chi connectivity index (χ0) is 21.8. The van der Waals surface area contributed by atoms with Crippen LogP contribution in [0.1, 0.15) is 53.4 Å². The lowest BCUT2D eigenvalue weighted by Gasteiger charge is -2.06. The first-order valence-electron chi connectivity index (χ1n) is 9.60. The van der Waals surface area contributed by atoms with Crippen molar-refractivity contribution in [1.29, 1.82) is 0 Å². The van der Waals surface area contributed by atoms with Crippen molar-refractivity contribution in [3.05, 3.63) is 68.5 Å². The number of hydrogen-bond acceptors (Lipinski definition) is 4. The number of thiazole rings is 1. The number of aromatic nitrogens is 1. The van der Waals surface area contributed by atoms with E-state index in [0.29, 0.717) is 26.7 Å². The fourth-order valence-corrected chi connectivity index (χ4v) is 4.12. The first-order chi connectivity index (χ1) is 14.2. The highest BCUT2D eigenvalue weighted by atomic mass is 35.5. The average molecular weight is 461 g/mol. The summed E-state index contributed by atoms with van der Waals surface area (Å²) in [5, 5.41) is 4.21. The standard InChI is InChI=1S/C23H22Cl2N2O2S/c1-13(2)15-4-6-16(7-5-15)20(28)10-11-21(29)26-23-27-22(14(3)30-23)17-8-9-18(24)19(25)12-17/h4-9,12-13H,10-11H2,1-3H3,(H,26,27,29). The molecule has 30 heavy (non-hydrogen) atoms. The number of aryl methyl sites for hydroxylation is 1. The normalized spacial score (nSPS) is 11.0. The number of carbonyl (C=O) groups is 2. The number of benzene rings is 2. The molecule has 0 saturated carbocycles. The van der Waals surface area contributed by atoms with Crippen LogP contribution in [0.5, 0.6) is 0 Å². The topological polar surface area (TPSA) is 59.1 Å². The van der Waals surface area contributed by atoms with E-state index in [1.165, 1.54) is 16.9 Å². The third-order valence-electron chi connectivity index (χ3n) is 4.71. The van der Waals surface area contributed by atoms with Gasteiger partial charge in [-0.3, -0.25) is 9.59 Å². The van der Waals surface area contributed by atoms with Gasteiger partial charge in [0.25, 0.3) is 0 Å². The predicted octanol–water partition coefficient (Wildman–Crippen LogP) is 7.15. The molecule has 0 unspecified atom stereocenters. The van der Waals surface area contributed by atoms with Gasteiger partial charge in [0.2, 0.25) is 5.91 Å². The van der Waals surface area contributed by atoms with Crippen LogP contribution in [0.2, 0.25) is 10.0 Å². The molecule has 0 aliphatic rings. The van der Waals surface area contributed by atoms with Crippen LogP contribution >= 0.6 is 34.5 Å². The first kappa shape index (κ1) is 22.5. The maximum absolute atomic E-state index is 12.4. The summed E-state index contributed by atoms with van der Waals surface area (Å²) in [5.41, 5.74) is 3.38. The summed E-state index contributed by atoms with van der Waals surface area (Å²) in [7, 11) is 0. The highest BCUT2D eigenvalue weighted by Crippen LogP contribution is 2.33. The maximum atomic E-state index is 12.4. The Kier molecular flexibility index (Phi) is 7.29. The van der Waals surface area contributed by atoms with Gasteiger partial charge < -0.3 is 5.32 Å². The molecule has 0 bridgehead atoms. The Morgan fingerprint density at radius 2 is 1.73 bits per heavy atom. The lowest BCUT2D eigenvalue weighted by Crippen LogP contribution is -2.13. The van der Waals surface area contributed by atoms with E-state index in [1.807, 2.05) is 37.3 Å². The smallest absolute Gasteiger partial charge is 0.226 e. The van der Waals surface area contributed by atoms with E-state index in [2.05, 4.69) is 24.1 Å². The van der Waals surface area contributed by atoms with Crippen LogP contribution in [0.3, 0.4) is 0 Å². The number of ketones is 1. The molecule has 0 aliphatic carbocycles. The van der Waals surface area contributed by atoms with E-state index in [1.54, 1.807) is 12.1 Å². The molecule has 7 heteroatoms. The maximum Gasteiger partial charge on any atom is 0.226 e. The number of anilines is 1. The molecule has 0 spiro atoms. The summed E-state index contributed by atoms with van der Waals surface area (Å²) in [4.78, 5) is 30.1. The predicted molar refractivity (Wildman–Crippen MR) is 125 cm³/mol. The molecule has 1 aromatic heterocycles. The molecule has 156 valence electrons. The SMILES string of the molecule is Cc1sc(NC(=O)CCC(=O)c2ccc(C(C)C)cc2)nc1-c1ccc(Cl)c(Cl)c1. The largest absolute Gasteiger partial charge is 0.302 e. The lowest BCUT2D eigenvalue weighted by atomic mass is 9.99. The van der Waals surface area contributed by atoms with Crippen molar-refractivity contribution in [3.8, 4) is 11.3 Å². The van der Waals surface area contributed by atoms with Gasteiger partial charge in [-0.05, 0) is 30.5 Å². The summed E-state index contributed by atoms with van der Waals surface area (Å²) in [5.74, 6) is 0.124. The van der Waals surface area contributed by atoms with Gasteiger partial charge in [0.15, 0.2) is 10.9 Å². The fraction of sp³-hybridized carbons (Fsp3) is 0.261. The number of amides is 1. The Labute approximate surface area is 190 Å². The molecule has 2 aromatic carbocycles. The molecule has 1 heterocycles. The van der Waals surface area contributed by atoms with Crippen molar-refractivity contribution in [2.45, 2.75) is 39.5 Å². The van der Waals surface area contributed by atoms with E-state index in [0.717, 1.165) is 16.1 Å². The van der Waals surface area contributed by atoms with Gasteiger partial charge in [0.1, 0.15) is 0 Å². The van der Waals surface area contributed by atoms with E-state index >= 15 is 0 Å². The number of halogens is 2. The van der Waals surface area contributed by atoms with Crippen LogP contribution in [0, 0.1) is 6.92 Å². The average Bonchev–Trinajstić information content (AvgIpc) is 3.08. The van der Waals surface area contributed by atoms with Crippen LogP contribution in [0.25, 0.3) is 11.3 Å². The number of rotatable bonds is 7. The number of nitrogens with zero attached hydrogens (tertiary/aromatic N) is 1. The van der Waals surface area contributed by atoms with Crippen LogP contribution in [-0.4, -0.2) is 16.7 Å². The molecule has 1 N–H and O–H groups in total. The van der Waals surface area contributed by atoms with E-state index in [-0.39, 0.29) is 24.5 Å². The highest BCUT2D eigenvalue weighted by molar-refractivity contribution is 7.16. The summed E-state index contributed by atoms with van der Waals surface area (Å²) in [6.07, 6.45) is 0.252. The minimum Gasteiger partial charge on any atom is -0.302 e. The molecule has 0 aliphatic heterocycles. The van der Waals surface area contributed by atoms with Crippen LogP contribution in [0.4, 0.5) is 5.13 Å². The highest BCUT2D eigenvalue weighted by Gasteiger charge is 2.15. The van der Waals surface area contributed by atoms with Crippen molar-refractivity contribution < 1.29 is 9.59 Å². The number of hydrogen-bond donors (Lipinski definition) is 1. The summed E-state index contributed by atoms with van der Waals surface area (Å²) in [6, 6.07) is 12.9. The summed E-state index contributed by atoms with van der Waals surface area (Å²) < 4.78 is 0. The second-order valence-electron chi connectivity index (χ2n) is 7.30. The Balaban J connectivity index is 1.60. The van der Waals surface area contributed by atoms with Gasteiger partial charge in [-0.1, -0.05) is 67.4 Å². The van der Waals surface area contributed by atoms with Crippen molar-refractivity contribution in [2.75, 3.05) is 5.32 Å². The third kappa shape index (κ3) is 5.48. The van der Waals surface area contributed by atoms with Crippen molar-refractivity contribution in [2.24, 2.45) is 0 Å². The molecule has 0 radical (unpaired) electrons. The zero-order valence-electron chi connectivity index (χ0n) is 17.0. The van der Waals surface area contributed by atoms with Crippen molar-refractivity contribution in [1.82, 2.24) is 4.98 Å². The second kappa shape index (κ2) is 9.73.